The van der Waals surface area contributed by atoms with Crippen LogP contribution in [0.3, 0.4) is 0 Å². The van der Waals surface area contributed by atoms with Crippen LogP contribution in [0.15, 0.2) is 24.5 Å². The summed E-state index contributed by atoms with van der Waals surface area (Å²) in [5.41, 5.74) is 7.77. The fourth-order valence-corrected chi connectivity index (χ4v) is 2.01. The van der Waals surface area contributed by atoms with Crippen molar-refractivity contribution in [3.63, 3.8) is 0 Å². The zero-order valence-corrected chi connectivity index (χ0v) is 10.5. The van der Waals surface area contributed by atoms with Gasteiger partial charge in [-0.3, -0.25) is 0 Å². The Balaban J connectivity index is 2.65. The molecule has 0 aliphatic rings. The second-order valence-corrected chi connectivity index (χ2v) is 5.34. The quantitative estimate of drug-likeness (QED) is 0.828. The molecular formula is C13H19N3O. The zero-order chi connectivity index (χ0) is 12.6. The van der Waals surface area contributed by atoms with Crippen molar-refractivity contribution >= 4 is 5.52 Å². The largest absolute Gasteiger partial charge is 0.394 e. The number of hydrogen-bond donors (Lipinski definition) is 2. The number of rotatable bonds is 2. The lowest BCUT2D eigenvalue weighted by Crippen LogP contribution is -2.18. The second kappa shape index (κ2) is 4.13. The first-order valence-electron chi connectivity index (χ1n) is 5.78. The Labute approximate surface area is 101 Å². The number of nitrogens with two attached hydrogens (primary N) is 1. The van der Waals surface area contributed by atoms with E-state index in [-0.39, 0.29) is 18.1 Å². The molecule has 0 aromatic carbocycles. The number of hydrogen-bond acceptors (Lipinski definition) is 3. The molecule has 0 saturated heterocycles. The van der Waals surface area contributed by atoms with E-state index in [0.29, 0.717) is 0 Å². The normalized spacial score (nSPS) is 14.2. The van der Waals surface area contributed by atoms with E-state index in [4.69, 9.17) is 10.8 Å². The highest BCUT2D eigenvalue weighted by Crippen LogP contribution is 2.25. The number of pyridine rings is 1. The van der Waals surface area contributed by atoms with Gasteiger partial charge >= 0.3 is 0 Å². The van der Waals surface area contributed by atoms with Crippen molar-refractivity contribution in [1.82, 2.24) is 9.38 Å². The molecule has 4 heteroatoms. The zero-order valence-electron chi connectivity index (χ0n) is 10.5. The first-order valence-corrected chi connectivity index (χ1v) is 5.78. The molecule has 2 aromatic rings. The van der Waals surface area contributed by atoms with Crippen LogP contribution in [0, 0.1) is 0 Å². The highest BCUT2D eigenvalue weighted by Gasteiger charge is 2.21. The predicted molar refractivity (Wildman–Crippen MR) is 67.9 cm³/mol. The van der Waals surface area contributed by atoms with Crippen LogP contribution >= 0.6 is 0 Å². The van der Waals surface area contributed by atoms with Crippen molar-refractivity contribution < 1.29 is 5.11 Å². The lowest BCUT2D eigenvalue weighted by Gasteiger charge is -2.18. The van der Waals surface area contributed by atoms with Crippen molar-refractivity contribution in [1.29, 1.82) is 0 Å². The Bertz CT molecular complexity index is 525. The maximum absolute atomic E-state index is 9.16. The molecule has 92 valence electrons. The molecule has 4 nitrogen and oxygen atoms in total. The van der Waals surface area contributed by atoms with E-state index in [2.05, 4.69) is 25.8 Å². The average Bonchev–Trinajstić information content (AvgIpc) is 2.70. The van der Waals surface area contributed by atoms with Crippen LogP contribution in [0.1, 0.15) is 38.2 Å². The Hall–Kier alpha value is -1.39. The summed E-state index contributed by atoms with van der Waals surface area (Å²) in [7, 11) is 0. The summed E-state index contributed by atoms with van der Waals surface area (Å²) in [6.45, 7) is 6.32. The van der Waals surface area contributed by atoms with Gasteiger partial charge in [-0.05, 0) is 11.6 Å². The Morgan fingerprint density at radius 3 is 2.76 bits per heavy atom. The summed E-state index contributed by atoms with van der Waals surface area (Å²) in [6, 6.07) is 3.52. The maximum atomic E-state index is 9.16. The third-order valence-corrected chi connectivity index (χ3v) is 2.87. The third kappa shape index (κ3) is 2.06. The van der Waals surface area contributed by atoms with Crippen LogP contribution < -0.4 is 5.73 Å². The van der Waals surface area contributed by atoms with E-state index >= 15 is 0 Å². The first-order chi connectivity index (χ1) is 7.95. The van der Waals surface area contributed by atoms with E-state index in [1.165, 1.54) is 0 Å². The number of fused-ring (bicyclic) bond motifs is 1. The molecule has 0 spiro atoms. The molecule has 2 rings (SSSR count). The molecule has 2 aromatic heterocycles. The van der Waals surface area contributed by atoms with Gasteiger partial charge in [-0.1, -0.05) is 26.8 Å². The molecular weight excluding hydrogens is 214 g/mol. The van der Waals surface area contributed by atoms with Crippen LogP contribution in [0.5, 0.6) is 0 Å². The minimum atomic E-state index is -0.358. The fraction of sp³-hybridized carbons (Fsp3) is 0.462. The number of aromatic nitrogens is 2. The molecule has 0 bridgehead atoms. The van der Waals surface area contributed by atoms with Crippen LogP contribution in [0.25, 0.3) is 5.52 Å². The minimum absolute atomic E-state index is 0.0195. The smallest absolute Gasteiger partial charge is 0.118 e. The summed E-state index contributed by atoms with van der Waals surface area (Å²) in [6.07, 6.45) is 3.81. The standard InChI is InChI=1S/C13H19N3O/c1-13(2,3)12-15-7-11-9(10(14)8-17)5-4-6-16(11)12/h4-7,10,17H,8,14H2,1-3H3. The number of aliphatic hydroxyl groups excluding tert-OH is 1. The second-order valence-electron chi connectivity index (χ2n) is 5.34. The van der Waals surface area contributed by atoms with Gasteiger partial charge in [0.2, 0.25) is 0 Å². The average molecular weight is 233 g/mol. The van der Waals surface area contributed by atoms with Crippen molar-refractivity contribution in [2.45, 2.75) is 32.2 Å². The van der Waals surface area contributed by atoms with Gasteiger partial charge < -0.3 is 15.2 Å². The van der Waals surface area contributed by atoms with Gasteiger partial charge in [0.25, 0.3) is 0 Å². The summed E-state index contributed by atoms with van der Waals surface area (Å²) < 4.78 is 2.05. The van der Waals surface area contributed by atoms with Crippen molar-refractivity contribution in [2.24, 2.45) is 5.73 Å². The summed E-state index contributed by atoms with van der Waals surface area (Å²) >= 11 is 0. The van der Waals surface area contributed by atoms with E-state index in [9.17, 15) is 0 Å². The lowest BCUT2D eigenvalue weighted by molar-refractivity contribution is 0.268. The molecule has 0 fully saturated rings. The molecule has 0 aliphatic heterocycles. The topological polar surface area (TPSA) is 63.5 Å². The maximum Gasteiger partial charge on any atom is 0.118 e. The highest BCUT2D eigenvalue weighted by molar-refractivity contribution is 5.56. The van der Waals surface area contributed by atoms with Crippen LogP contribution in [0.4, 0.5) is 0 Å². The molecule has 0 amide bonds. The molecule has 0 saturated carbocycles. The van der Waals surface area contributed by atoms with Crippen molar-refractivity contribution in [2.75, 3.05) is 6.61 Å². The Morgan fingerprint density at radius 2 is 2.18 bits per heavy atom. The van der Waals surface area contributed by atoms with Crippen molar-refractivity contribution in [3.8, 4) is 0 Å². The molecule has 0 radical (unpaired) electrons. The summed E-state index contributed by atoms with van der Waals surface area (Å²) in [5.74, 6) is 1.000. The van der Waals surface area contributed by atoms with E-state index in [1.54, 1.807) is 0 Å². The van der Waals surface area contributed by atoms with Crippen molar-refractivity contribution in [3.05, 3.63) is 35.9 Å². The fourth-order valence-electron chi connectivity index (χ4n) is 2.01. The van der Waals surface area contributed by atoms with Gasteiger partial charge in [-0.15, -0.1) is 0 Å². The predicted octanol–water partition coefficient (Wildman–Crippen LogP) is 1.62. The highest BCUT2D eigenvalue weighted by atomic mass is 16.3. The Morgan fingerprint density at radius 1 is 1.47 bits per heavy atom. The van der Waals surface area contributed by atoms with E-state index in [1.807, 2.05) is 28.9 Å². The van der Waals surface area contributed by atoms with E-state index in [0.717, 1.165) is 16.9 Å². The molecule has 0 aliphatic carbocycles. The van der Waals surface area contributed by atoms with Gasteiger partial charge in [0.05, 0.1) is 24.4 Å². The van der Waals surface area contributed by atoms with Gasteiger partial charge in [0.15, 0.2) is 0 Å². The monoisotopic (exact) mass is 233 g/mol. The van der Waals surface area contributed by atoms with Crippen LogP contribution in [-0.4, -0.2) is 21.1 Å². The van der Waals surface area contributed by atoms with E-state index < -0.39 is 0 Å². The number of imidazole rings is 1. The molecule has 17 heavy (non-hydrogen) atoms. The lowest BCUT2D eigenvalue weighted by atomic mass is 9.96. The van der Waals surface area contributed by atoms with Gasteiger partial charge in [0.1, 0.15) is 5.82 Å². The number of aliphatic hydroxyl groups is 1. The summed E-state index contributed by atoms with van der Waals surface area (Å²) in [5, 5.41) is 9.16. The van der Waals surface area contributed by atoms with Crippen LogP contribution in [0.2, 0.25) is 0 Å². The molecule has 1 atom stereocenters. The SMILES string of the molecule is CC(C)(C)c1ncc2c(C(N)CO)cccn12. The first kappa shape index (κ1) is 12.1. The van der Waals surface area contributed by atoms with Gasteiger partial charge in [-0.25, -0.2) is 4.98 Å². The molecule has 3 N–H and O–H groups in total. The minimum Gasteiger partial charge on any atom is -0.394 e. The Kier molecular flexibility index (Phi) is 2.93. The molecule has 2 heterocycles. The van der Waals surface area contributed by atoms with Gasteiger partial charge in [-0.2, -0.15) is 0 Å². The summed E-state index contributed by atoms with van der Waals surface area (Å²) in [4.78, 5) is 4.47. The third-order valence-electron chi connectivity index (χ3n) is 2.87. The van der Waals surface area contributed by atoms with Gasteiger partial charge in [0, 0.05) is 11.6 Å². The molecule has 1 unspecified atom stereocenters. The van der Waals surface area contributed by atoms with Crippen LogP contribution in [-0.2, 0) is 5.41 Å². The number of nitrogens with zero attached hydrogens (tertiary/aromatic N) is 2.